The Morgan fingerprint density at radius 3 is 1.56 bits per heavy atom. The van der Waals surface area contributed by atoms with Crippen molar-refractivity contribution in [1.29, 1.82) is 0 Å². The van der Waals surface area contributed by atoms with E-state index >= 15 is 0 Å². The minimum absolute atomic E-state index is 0.507. The lowest BCUT2D eigenvalue weighted by molar-refractivity contribution is 0.145. The predicted octanol–water partition coefficient (Wildman–Crippen LogP) is 3.90. The van der Waals surface area contributed by atoms with E-state index in [2.05, 4.69) is 70.7 Å². The normalized spacial score (nSPS) is 30.4. The van der Waals surface area contributed by atoms with Gasteiger partial charge in [0, 0.05) is 36.1 Å². The monoisotopic (exact) mass is 356 g/mol. The van der Waals surface area contributed by atoms with E-state index < -0.39 is 0 Å². The highest BCUT2D eigenvalue weighted by molar-refractivity contribution is 5.99. The molecule has 4 heteroatoms. The molecule has 136 valence electrons. The molecule has 0 spiro atoms. The zero-order valence-corrected chi connectivity index (χ0v) is 15.4. The Balaban J connectivity index is 1.26. The Morgan fingerprint density at radius 1 is 0.667 bits per heavy atom. The number of benzene rings is 2. The van der Waals surface area contributed by atoms with Gasteiger partial charge in [-0.05, 0) is 17.5 Å². The van der Waals surface area contributed by atoms with Crippen LogP contribution in [-0.4, -0.2) is 33.5 Å². The Kier molecular flexibility index (Phi) is 3.40. The van der Waals surface area contributed by atoms with Crippen LogP contribution in [0.4, 0.5) is 0 Å². The number of hydrazone groups is 2. The van der Waals surface area contributed by atoms with Crippen LogP contribution in [0.5, 0.6) is 0 Å². The molecule has 2 fully saturated rings. The third kappa shape index (κ3) is 2.50. The van der Waals surface area contributed by atoms with E-state index in [1.165, 1.54) is 29.0 Å². The van der Waals surface area contributed by atoms with Gasteiger partial charge in [0.15, 0.2) is 0 Å². The van der Waals surface area contributed by atoms with E-state index in [0.29, 0.717) is 23.9 Å². The molecule has 0 radical (unpaired) electrons. The fourth-order valence-corrected chi connectivity index (χ4v) is 5.50. The summed E-state index contributed by atoms with van der Waals surface area (Å²) < 4.78 is 0. The maximum Gasteiger partial charge on any atom is 0.0614 e. The van der Waals surface area contributed by atoms with Crippen molar-refractivity contribution in [3.63, 3.8) is 0 Å². The summed E-state index contributed by atoms with van der Waals surface area (Å²) in [6, 6.07) is 22.5. The molecule has 2 aromatic rings. The Morgan fingerprint density at radius 2 is 1.11 bits per heavy atom. The quantitative estimate of drug-likeness (QED) is 0.832. The number of hydrogen-bond donors (Lipinski definition) is 0. The van der Waals surface area contributed by atoms with Crippen molar-refractivity contribution in [2.75, 3.05) is 0 Å². The van der Waals surface area contributed by atoms with Crippen LogP contribution in [-0.2, 0) is 13.1 Å². The smallest absolute Gasteiger partial charge is 0.0614 e. The maximum absolute atomic E-state index is 5.11. The maximum atomic E-state index is 5.11. The predicted molar refractivity (Wildman–Crippen MR) is 107 cm³/mol. The summed E-state index contributed by atoms with van der Waals surface area (Å²) in [5, 5.41) is 14.9. The molecule has 4 aliphatic rings. The van der Waals surface area contributed by atoms with Gasteiger partial charge in [0.1, 0.15) is 0 Å². The highest BCUT2D eigenvalue weighted by Crippen LogP contribution is 2.48. The van der Waals surface area contributed by atoms with Gasteiger partial charge in [0.2, 0.25) is 0 Å². The van der Waals surface area contributed by atoms with Crippen LogP contribution >= 0.6 is 0 Å². The number of nitrogens with zero attached hydrogens (tertiary/aromatic N) is 4. The molecule has 2 aliphatic heterocycles. The van der Waals surface area contributed by atoms with Crippen molar-refractivity contribution in [2.24, 2.45) is 22.0 Å². The van der Waals surface area contributed by atoms with E-state index in [9.17, 15) is 0 Å². The first-order chi connectivity index (χ1) is 13.3. The van der Waals surface area contributed by atoms with Crippen molar-refractivity contribution in [3.05, 3.63) is 71.8 Å². The van der Waals surface area contributed by atoms with Crippen molar-refractivity contribution in [3.8, 4) is 0 Å². The molecule has 2 saturated carbocycles. The van der Waals surface area contributed by atoms with Gasteiger partial charge in [-0.25, -0.2) is 0 Å². The zero-order valence-electron chi connectivity index (χ0n) is 15.4. The second-order valence-corrected chi connectivity index (χ2v) is 8.34. The van der Waals surface area contributed by atoms with Crippen molar-refractivity contribution < 1.29 is 0 Å². The van der Waals surface area contributed by atoms with Gasteiger partial charge in [0.25, 0.3) is 0 Å². The molecule has 0 aromatic heterocycles. The van der Waals surface area contributed by atoms with Crippen LogP contribution in [0.3, 0.4) is 0 Å². The molecule has 4 atom stereocenters. The fraction of sp³-hybridized carbons (Fsp3) is 0.391. The molecular weight excluding hydrogens is 332 g/mol. The SMILES string of the molecule is c1ccc(CN2N=C3C[C@H]4[C@@H]5C[C@H]3[C@H]2CC5=NN4Cc2ccccc2)cc1. The van der Waals surface area contributed by atoms with Crippen LogP contribution in [0.15, 0.2) is 70.9 Å². The third-order valence-electron chi connectivity index (χ3n) is 6.78. The van der Waals surface area contributed by atoms with Crippen molar-refractivity contribution >= 4 is 11.4 Å². The van der Waals surface area contributed by atoms with E-state index in [-0.39, 0.29) is 0 Å². The lowest BCUT2D eigenvalue weighted by Gasteiger charge is -2.40. The second-order valence-electron chi connectivity index (χ2n) is 8.34. The summed E-state index contributed by atoms with van der Waals surface area (Å²) >= 11 is 0. The lowest BCUT2D eigenvalue weighted by Crippen LogP contribution is -2.49. The molecule has 0 amide bonds. The summed E-state index contributed by atoms with van der Waals surface area (Å²) in [6.07, 6.45) is 3.40. The molecule has 6 rings (SSSR count). The van der Waals surface area contributed by atoms with E-state index in [0.717, 1.165) is 25.9 Å². The minimum atomic E-state index is 0.507. The average Bonchev–Trinajstić information content (AvgIpc) is 3.25. The van der Waals surface area contributed by atoms with Crippen molar-refractivity contribution in [1.82, 2.24) is 10.0 Å². The first kappa shape index (κ1) is 15.4. The fourth-order valence-electron chi connectivity index (χ4n) is 5.50. The highest BCUT2D eigenvalue weighted by Gasteiger charge is 2.54. The zero-order chi connectivity index (χ0) is 17.8. The number of rotatable bonds is 4. The van der Waals surface area contributed by atoms with Gasteiger partial charge >= 0.3 is 0 Å². The summed E-state index contributed by atoms with van der Waals surface area (Å²) in [4.78, 5) is 0. The first-order valence-electron chi connectivity index (χ1n) is 10.1. The van der Waals surface area contributed by atoms with Crippen LogP contribution < -0.4 is 0 Å². The van der Waals surface area contributed by atoms with Gasteiger partial charge in [-0.2, -0.15) is 10.2 Å². The van der Waals surface area contributed by atoms with Gasteiger partial charge in [-0.3, -0.25) is 10.0 Å². The summed E-state index contributed by atoms with van der Waals surface area (Å²) in [5.41, 5.74) is 5.54. The van der Waals surface area contributed by atoms with Gasteiger partial charge in [-0.1, -0.05) is 60.7 Å². The van der Waals surface area contributed by atoms with Crippen LogP contribution in [0.25, 0.3) is 0 Å². The van der Waals surface area contributed by atoms with Gasteiger partial charge < -0.3 is 0 Å². The van der Waals surface area contributed by atoms with Gasteiger partial charge in [0.05, 0.1) is 25.2 Å². The summed E-state index contributed by atoms with van der Waals surface area (Å²) in [6.45, 7) is 1.84. The molecule has 0 N–H and O–H groups in total. The van der Waals surface area contributed by atoms with E-state index in [1.54, 1.807) is 0 Å². The molecule has 0 unspecified atom stereocenters. The second kappa shape index (κ2) is 5.95. The van der Waals surface area contributed by atoms with Crippen molar-refractivity contribution in [2.45, 2.75) is 44.4 Å². The molecule has 27 heavy (non-hydrogen) atoms. The third-order valence-corrected chi connectivity index (χ3v) is 6.78. The molecule has 4 nitrogen and oxygen atoms in total. The Bertz CT molecular complexity index is 829. The average molecular weight is 356 g/mol. The first-order valence-corrected chi connectivity index (χ1v) is 10.1. The molecule has 2 heterocycles. The molecule has 0 saturated heterocycles. The molecule has 2 bridgehead atoms. The number of hydrogen-bond acceptors (Lipinski definition) is 4. The topological polar surface area (TPSA) is 31.2 Å². The Hall–Kier alpha value is -2.62. The minimum Gasteiger partial charge on any atom is -0.289 e. The van der Waals surface area contributed by atoms with Gasteiger partial charge in [-0.15, -0.1) is 0 Å². The van der Waals surface area contributed by atoms with E-state index in [1.807, 2.05) is 0 Å². The molecular formula is C23H24N4. The van der Waals surface area contributed by atoms with Crippen LogP contribution in [0.2, 0.25) is 0 Å². The summed E-state index contributed by atoms with van der Waals surface area (Å²) in [7, 11) is 0. The summed E-state index contributed by atoms with van der Waals surface area (Å²) in [5.74, 6) is 1.29. The largest absolute Gasteiger partial charge is 0.289 e. The van der Waals surface area contributed by atoms with Crippen LogP contribution in [0.1, 0.15) is 30.4 Å². The van der Waals surface area contributed by atoms with E-state index in [4.69, 9.17) is 10.2 Å². The highest BCUT2D eigenvalue weighted by atomic mass is 15.5. The standard InChI is InChI=1S/C23H24N4/c1-3-7-16(8-4-1)14-26-22-12-21-19-11-18(22)20(24-26)13-23(19)27(25-21)15-17-9-5-2-6-10-17/h1-10,18-19,22-23H,11-15H2/t18-,19-,22-,23+/m1/s1. The van der Waals surface area contributed by atoms with Crippen LogP contribution in [0, 0.1) is 11.8 Å². The molecule has 2 aliphatic carbocycles. The molecule has 2 aromatic carbocycles. The lowest BCUT2D eigenvalue weighted by atomic mass is 9.66. The Labute approximate surface area is 160 Å².